The number of carbonyl (C=O) groups is 1. The number of aromatic carboxylic acids is 1. The van der Waals surface area contributed by atoms with Crippen molar-refractivity contribution in [2.45, 2.75) is 25.7 Å². The molecular formula is C8H9NO3. The lowest BCUT2D eigenvalue weighted by atomic mass is 10.1. The zero-order chi connectivity index (χ0) is 8.72. The van der Waals surface area contributed by atoms with E-state index in [2.05, 4.69) is 5.16 Å². The van der Waals surface area contributed by atoms with E-state index in [0.29, 0.717) is 17.4 Å². The summed E-state index contributed by atoms with van der Waals surface area (Å²) in [6.45, 7) is 1.65. The lowest BCUT2D eigenvalue weighted by molar-refractivity contribution is 0.0693. The molecule has 0 atom stereocenters. The molecule has 0 radical (unpaired) electrons. The van der Waals surface area contributed by atoms with Gasteiger partial charge in [-0.25, -0.2) is 4.79 Å². The molecular weight excluding hydrogens is 158 g/mol. The number of carboxylic acid groups (broad SMARTS) is 1. The van der Waals surface area contributed by atoms with E-state index in [1.807, 2.05) is 0 Å². The molecule has 1 N–H and O–H groups in total. The first kappa shape index (κ1) is 7.34. The van der Waals surface area contributed by atoms with Gasteiger partial charge in [0.25, 0.3) is 0 Å². The van der Waals surface area contributed by atoms with Crippen LogP contribution < -0.4 is 0 Å². The molecule has 0 bridgehead atoms. The molecule has 64 valence electrons. The van der Waals surface area contributed by atoms with Gasteiger partial charge in [0.2, 0.25) is 0 Å². The van der Waals surface area contributed by atoms with Crippen molar-refractivity contribution in [3.63, 3.8) is 0 Å². The highest BCUT2D eigenvalue weighted by Gasteiger charge is 2.33. The Labute approximate surface area is 69.2 Å². The second-order valence-corrected chi connectivity index (χ2v) is 3.09. The van der Waals surface area contributed by atoms with Gasteiger partial charge in [-0.2, -0.15) is 0 Å². The minimum Gasteiger partial charge on any atom is -0.477 e. The Bertz CT molecular complexity index is 325. The van der Waals surface area contributed by atoms with Gasteiger partial charge in [-0.15, -0.1) is 0 Å². The molecule has 1 aliphatic carbocycles. The molecule has 1 aliphatic rings. The van der Waals surface area contributed by atoms with Gasteiger partial charge in [-0.1, -0.05) is 5.16 Å². The Morgan fingerprint density at radius 2 is 2.33 bits per heavy atom. The molecule has 1 heterocycles. The molecule has 0 aliphatic heterocycles. The summed E-state index contributed by atoms with van der Waals surface area (Å²) < 4.78 is 4.95. The zero-order valence-corrected chi connectivity index (χ0v) is 6.70. The highest BCUT2D eigenvalue weighted by molar-refractivity contribution is 5.90. The zero-order valence-electron chi connectivity index (χ0n) is 6.70. The number of carboxylic acids is 1. The van der Waals surface area contributed by atoms with Crippen LogP contribution in [0.5, 0.6) is 0 Å². The molecule has 12 heavy (non-hydrogen) atoms. The normalized spacial score (nSPS) is 16.4. The van der Waals surface area contributed by atoms with Gasteiger partial charge in [0.05, 0.1) is 5.69 Å². The molecule has 4 nitrogen and oxygen atoms in total. The summed E-state index contributed by atoms with van der Waals surface area (Å²) >= 11 is 0. The van der Waals surface area contributed by atoms with Gasteiger partial charge >= 0.3 is 5.97 Å². The van der Waals surface area contributed by atoms with Gasteiger partial charge in [0.15, 0.2) is 5.76 Å². The number of aromatic nitrogens is 1. The molecule has 0 saturated heterocycles. The fraction of sp³-hybridized carbons (Fsp3) is 0.500. The summed E-state index contributed by atoms with van der Waals surface area (Å²) in [6.07, 6.45) is 2.05. The fourth-order valence-electron chi connectivity index (χ4n) is 1.27. The number of aryl methyl sites for hydroxylation is 1. The van der Waals surface area contributed by atoms with Gasteiger partial charge in [-0.3, -0.25) is 0 Å². The minimum atomic E-state index is -0.935. The number of hydrogen-bond acceptors (Lipinski definition) is 3. The summed E-state index contributed by atoms with van der Waals surface area (Å²) in [7, 11) is 0. The molecule has 1 fully saturated rings. The molecule has 2 rings (SSSR count). The second-order valence-electron chi connectivity index (χ2n) is 3.09. The predicted molar refractivity (Wildman–Crippen MR) is 40.2 cm³/mol. The largest absolute Gasteiger partial charge is 0.477 e. The first-order valence-electron chi connectivity index (χ1n) is 3.89. The summed E-state index contributed by atoms with van der Waals surface area (Å²) in [5.41, 5.74) is 0.738. The smallest absolute Gasteiger partial charge is 0.341 e. The van der Waals surface area contributed by atoms with Gasteiger partial charge in [0, 0.05) is 5.92 Å². The van der Waals surface area contributed by atoms with Gasteiger partial charge in [-0.05, 0) is 19.8 Å². The van der Waals surface area contributed by atoms with Crippen LogP contribution >= 0.6 is 0 Å². The predicted octanol–water partition coefficient (Wildman–Crippen LogP) is 1.56. The average molecular weight is 167 g/mol. The number of rotatable bonds is 2. The Hall–Kier alpha value is -1.32. The minimum absolute atomic E-state index is 0.262. The van der Waals surface area contributed by atoms with Crippen LogP contribution in [0.2, 0.25) is 0 Å². The van der Waals surface area contributed by atoms with E-state index in [-0.39, 0.29) is 5.56 Å². The van der Waals surface area contributed by atoms with Crippen molar-refractivity contribution in [2.24, 2.45) is 0 Å². The Kier molecular flexibility index (Phi) is 1.43. The summed E-state index contributed by atoms with van der Waals surface area (Å²) in [4.78, 5) is 10.7. The third kappa shape index (κ3) is 0.995. The van der Waals surface area contributed by atoms with Crippen LogP contribution in [-0.2, 0) is 0 Å². The van der Waals surface area contributed by atoms with Crippen LogP contribution in [0.25, 0.3) is 0 Å². The van der Waals surface area contributed by atoms with Crippen LogP contribution in [0.3, 0.4) is 0 Å². The van der Waals surface area contributed by atoms with Gasteiger partial charge in [0.1, 0.15) is 5.56 Å². The molecule has 0 amide bonds. The van der Waals surface area contributed by atoms with Crippen molar-refractivity contribution in [3.8, 4) is 0 Å². The fourth-order valence-corrected chi connectivity index (χ4v) is 1.27. The monoisotopic (exact) mass is 167 g/mol. The van der Waals surface area contributed by atoms with Crippen LogP contribution in [0.15, 0.2) is 4.52 Å². The lowest BCUT2D eigenvalue weighted by Gasteiger charge is -1.91. The quantitative estimate of drug-likeness (QED) is 0.725. The van der Waals surface area contributed by atoms with E-state index in [9.17, 15) is 4.79 Å². The van der Waals surface area contributed by atoms with Crippen molar-refractivity contribution in [1.29, 1.82) is 0 Å². The highest BCUT2D eigenvalue weighted by atomic mass is 16.5. The molecule has 0 unspecified atom stereocenters. The van der Waals surface area contributed by atoms with Crippen molar-refractivity contribution in [2.75, 3.05) is 0 Å². The molecule has 1 saturated carbocycles. The second kappa shape index (κ2) is 2.33. The maximum atomic E-state index is 10.7. The number of nitrogens with zero attached hydrogens (tertiary/aromatic N) is 1. The van der Waals surface area contributed by atoms with E-state index in [0.717, 1.165) is 12.8 Å². The maximum Gasteiger partial charge on any atom is 0.341 e. The van der Waals surface area contributed by atoms with E-state index in [4.69, 9.17) is 9.63 Å². The van der Waals surface area contributed by atoms with E-state index >= 15 is 0 Å². The Balaban J connectivity index is 2.46. The first-order chi connectivity index (χ1) is 5.70. The summed E-state index contributed by atoms with van der Waals surface area (Å²) in [5.74, 6) is -0.0760. The highest BCUT2D eigenvalue weighted by Crippen LogP contribution is 2.42. The van der Waals surface area contributed by atoms with Crippen LogP contribution in [0, 0.1) is 6.92 Å². The van der Waals surface area contributed by atoms with Crippen molar-refractivity contribution < 1.29 is 14.4 Å². The standard InChI is InChI=1S/C8H9NO3/c1-4-6(8(10)11)7(12-9-4)5-2-3-5/h5H,2-3H2,1H3,(H,10,11). The van der Waals surface area contributed by atoms with Crippen LogP contribution in [0.1, 0.15) is 40.6 Å². The Morgan fingerprint density at radius 1 is 1.67 bits per heavy atom. The third-order valence-corrected chi connectivity index (χ3v) is 2.05. The van der Waals surface area contributed by atoms with Crippen molar-refractivity contribution >= 4 is 5.97 Å². The van der Waals surface area contributed by atoms with E-state index in [1.165, 1.54) is 0 Å². The van der Waals surface area contributed by atoms with Crippen LogP contribution in [0.4, 0.5) is 0 Å². The first-order valence-corrected chi connectivity index (χ1v) is 3.89. The molecule has 1 aromatic heterocycles. The Morgan fingerprint density at radius 3 is 2.83 bits per heavy atom. The molecule has 0 aromatic carbocycles. The van der Waals surface area contributed by atoms with E-state index in [1.54, 1.807) is 6.92 Å². The molecule has 4 heteroatoms. The molecule has 1 aromatic rings. The number of hydrogen-bond donors (Lipinski definition) is 1. The van der Waals surface area contributed by atoms with Crippen molar-refractivity contribution in [3.05, 3.63) is 17.0 Å². The average Bonchev–Trinajstić information content (AvgIpc) is 2.75. The molecule has 0 spiro atoms. The SMILES string of the molecule is Cc1noc(C2CC2)c1C(=O)O. The van der Waals surface area contributed by atoms with Crippen LogP contribution in [-0.4, -0.2) is 16.2 Å². The van der Waals surface area contributed by atoms with E-state index < -0.39 is 5.97 Å². The third-order valence-electron chi connectivity index (χ3n) is 2.05. The summed E-state index contributed by atoms with van der Waals surface area (Å²) in [6, 6.07) is 0. The maximum absolute atomic E-state index is 10.7. The lowest BCUT2D eigenvalue weighted by Crippen LogP contribution is -2.00. The topological polar surface area (TPSA) is 63.3 Å². The van der Waals surface area contributed by atoms with Crippen molar-refractivity contribution in [1.82, 2.24) is 5.16 Å². The summed E-state index contributed by atoms with van der Waals surface area (Å²) in [5, 5.41) is 12.5. The van der Waals surface area contributed by atoms with Gasteiger partial charge < -0.3 is 9.63 Å².